The molecule has 1 fully saturated rings. The van der Waals surface area contributed by atoms with Crippen molar-refractivity contribution in [2.75, 3.05) is 11.9 Å². The summed E-state index contributed by atoms with van der Waals surface area (Å²) in [5.41, 5.74) is 1.19. The lowest BCUT2D eigenvalue weighted by atomic mass is 9.95. The van der Waals surface area contributed by atoms with Crippen molar-refractivity contribution in [3.63, 3.8) is 0 Å². The van der Waals surface area contributed by atoms with E-state index in [1.165, 1.54) is 0 Å². The molecule has 0 unspecified atom stereocenters. The first-order chi connectivity index (χ1) is 10.5. The Bertz CT molecular complexity index is 656. The maximum atomic E-state index is 12.4. The van der Waals surface area contributed by atoms with Gasteiger partial charge in [-0.2, -0.15) is 0 Å². The fourth-order valence-corrected chi connectivity index (χ4v) is 3.01. The molecule has 0 radical (unpaired) electrons. The first-order valence-electron chi connectivity index (χ1n) is 7.53. The minimum atomic E-state index is -0.420. The van der Waals surface area contributed by atoms with E-state index >= 15 is 0 Å². The molecule has 0 saturated carbocycles. The number of amides is 4. The number of nitrogens with one attached hydrogen (secondary N) is 2. The van der Waals surface area contributed by atoms with E-state index in [0.29, 0.717) is 22.7 Å². The maximum absolute atomic E-state index is 12.4. The van der Waals surface area contributed by atoms with Crippen molar-refractivity contribution in [2.24, 2.45) is 5.92 Å². The number of carbonyl (C=O) groups is 3. The van der Waals surface area contributed by atoms with Crippen LogP contribution in [0, 0.1) is 5.92 Å². The highest BCUT2D eigenvalue weighted by atomic mass is 16.2. The van der Waals surface area contributed by atoms with Gasteiger partial charge in [-0.1, -0.05) is 6.92 Å². The second-order valence-corrected chi connectivity index (χ2v) is 6.16. The molecule has 2 atom stereocenters. The zero-order valence-corrected chi connectivity index (χ0v) is 12.7. The molecule has 0 aliphatic carbocycles. The van der Waals surface area contributed by atoms with Gasteiger partial charge in [-0.25, -0.2) is 4.79 Å². The molecule has 1 saturated heterocycles. The second kappa shape index (κ2) is 5.44. The van der Waals surface area contributed by atoms with Crippen LogP contribution >= 0.6 is 0 Å². The van der Waals surface area contributed by atoms with Gasteiger partial charge in [-0.15, -0.1) is 0 Å². The first kappa shape index (κ1) is 14.6. The highest BCUT2D eigenvalue weighted by Crippen LogP contribution is 2.24. The Morgan fingerprint density at radius 3 is 2.68 bits per heavy atom. The number of likely N-dealkylation sites (tertiary alicyclic amines) is 1. The van der Waals surface area contributed by atoms with Gasteiger partial charge in [0, 0.05) is 18.3 Å². The first-order valence-corrected chi connectivity index (χ1v) is 7.53. The van der Waals surface area contributed by atoms with Gasteiger partial charge >= 0.3 is 6.03 Å². The number of piperidine rings is 1. The van der Waals surface area contributed by atoms with E-state index < -0.39 is 11.8 Å². The third-order valence-corrected chi connectivity index (χ3v) is 4.37. The normalized spacial score (nSPS) is 24.0. The molecular weight excluding hydrogens is 282 g/mol. The smallest absolute Gasteiger partial charge is 0.322 e. The summed E-state index contributed by atoms with van der Waals surface area (Å²) in [4.78, 5) is 37.4. The van der Waals surface area contributed by atoms with Gasteiger partial charge in [-0.05, 0) is 43.9 Å². The maximum Gasteiger partial charge on any atom is 0.322 e. The number of nitrogens with zero attached hydrogens (tertiary/aromatic N) is 1. The average molecular weight is 301 g/mol. The molecule has 6 heteroatoms. The molecule has 116 valence electrons. The Balaban J connectivity index is 1.76. The molecular formula is C16H19N3O3. The van der Waals surface area contributed by atoms with E-state index in [0.717, 1.165) is 19.4 Å². The number of rotatable bonds is 1. The average Bonchev–Trinajstić information content (AvgIpc) is 2.76. The molecule has 3 rings (SSSR count). The predicted molar refractivity (Wildman–Crippen MR) is 81.8 cm³/mol. The van der Waals surface area contributed by atoms with Gasteiger partial charge in [0.1, 0.15) is 0 Å². The van der Waals surface area contributed by atoms with Crippen molar-refractivity contribution in [1.29, 1.82) is 0 Å². The third kappa shape index (κ3) is 2.56. The Kier molecular flexibility index (Phi) is 3.60. The Morgan fingerprint density at radius 2 is 1.91 bits per heavy atom. The summed E-state index contributed by atoms with van der Waals surface area (Å²) in [6.07, 6.45) is 2.13. The summed E-state index contributed by atoms with van der Waals surface area (Å²) in [5, 5.41) is 5.06. The zero-order chi connectivity index (χ0) is 15.9. The van der Waals surface area contributed by atoms with Crippen molar-refractivity contribution in [2.45, 2.75) is 32.7 Å². The molecule has 22 heavy (non-hydrogen) atoms. The number of hydrogen-bond acceptors (Lipinski definition) is 3. The number of urea groups is 1. The topological polar surface area (TPSA) is 78.5 Å². The van der Waals surface area contributed by atoms with E-state index in [1.807, 2.05) is 11.8 Å². The van der Waals surface area contributed by atoms with Crippen LogP contribution in [-0.4, -0.2) is 35.3 Å². The van der Waals surface area contributed by atoms with Crippen LogP contribution in [0.5, 0.6) is 0 Å². The Hall–Kier alpha value is -2.37. The summed E-state index contributed by atoms with van der Waals surface area (Å²) in [6.45, 7) is 4.91. The quantitative estimate of drug-likeness (QED) is 0.781. The standard InChI is InChI=1S/C16H19N3O3/c1-9-3-4-10(2)19(8-9)16(22)17-11-5-6-12-13(7-11)15(21)18-14(12)20/h5-7,9-10H,3-4,8H2,1-2H3,(H,17,22)(H,18,20,21)/t9-,10-/m0/s1. The Labute approximate surface area is 128 Å². The number of anilines is 1. The number of hydrogen-bond donors (Lipinski definition) is 2. The number of fused-ring (bicyclic) bond motifs is 1. The summed E-state index contributed by atoms with van der Waals surface area (Å²) < 4.78 is 0. The molecule has 4 amide bonds. The van der Waals surface area contributed by atoms with Crippen molar-refractivity contribution in [3.05, 3.63) is 29.3 Å². The van der Waals surface area contributed by atoms with Crippen LogP contribution in [0.25, 0.3) is 0 Å². The highest BCUT2D eigenvalue weighted by Gasteiger charge is 2.29. The SMILES string of the molecule is C[C@H]1CC[C@H](C)N(C(=O)Nc2ccc3c(c2)C(=O)NC3=O)C1. The van der Waals surface area contributed by atoms with E-state index in [2.05, 4.69) is 17.6 Å². The van der Waals surface area contributed by atoms with Crippen LogP contribution in [0.1, 0.15) is 47.4 Å². The van der Waals surface area contributed by atoms with Crippen LogP contribution in [0.15, 0.2) is 18.2 Å². The van der Waals surface area contributed by atoms with Crippen LogP contribution < -0.4 is 10.6 Å². The van der Waals surface area contributed by atoms with Crippen molar-refractivity contribution < 1.29 is 14.4 Å². The largest absolute Gasteiger partial charge is 0.322 e. The van der Waals surface area contributed by atoms with E-state index in [1.54, 1.807) is 18.2 Å². The fourth-order valence-electron chi connectivity index (χ4n) is 3.01. The summed E-state index contributed by atoms with van der Waals surface area (Å²) in [6, 6.07) is 4.80. The second-order valence-electron chi connectivity index (χ2n) is 6.16. The summed E-state index contributed by atoms with van der Waals surface area (Å²) >= 11 is 0. The van der Waals surface area contributed by atoms with Gasteiger partial charge in [0.05, 0.1) is 11.1 Å². The predicted octanol–water partition coefficient (Wildman–Crippen LogP) is 2.22. The molecule has 1 aromatic carbocycles. The lowest BCUT2D eigenvalue weighted by molar-refractivity contribution is 0.0879. The lowest BCUT2D eigenvalue weighted by Crippen LogP contribution is -2.46. The van der Waals surface area contributed by atoms with Gasteiger partial charge < -0.3 is 10.2 Å². The van der Waals surface area contributed by atoms with Gasteiger partial charge in [0.2, 0.25) is 0 Å². The van der Waals surface area contributed by atoms with Crippen LogP contribution in [-0.2, 0) is 0 Å². The van der Waals surface area contributed by atoms with Crippen molar-refractivity contribution in [1.82, 2.24) is 10.2 Å². The van der Waals surface area contributed by atoms with Gasteiger partial charge in [-0.3, -0.25) is 14.9 Å². The molecule has 0 spiro atoms. The van der Waals surface area contributed by atoms with Crippen LogP contribution in [0.4, 0.5) is 10.5 Å². The minimum absolute atomic E-state index is 0.163. The fraction of sp³-hybridized carbons (Fsp3) is 0.438. The van der Waals surface area contributed by atoms with Crippen LogP contribution in [0.2, 0.25) is 0 Å². The third-order valence-electron chi connectivity index (χ3n) is 4.37. The van der Waals surface area contributed by atoms with Crippen molar-refractivity contribution >= 4 is 23.5 Å². The lowest BCUT2D eigenvalue weighted by Gasteiger charge is -2.36. The molecule has 2 heterocycles. The molecule has 2 aliphatic rings. The number of benzene rings is 1. The molecule has 0 bridgehead atoms. The van der Waals surface area contributed by atoms with Crippen molar-refractivity contribution in [3.8, 4) is 0 Å². The molecule has 6 nitrogen and oxygen atoms in total. The minimum Gasteiger partial charge on any atom is -0.322 e. The van der Waals surface area contributed by atoms with Crippen LogP contribution in [0.3, 0.4) is 0 Å². The van der Waals surface area contributed by atoms with Gasteiger partial charge in [0.25, 0.3) is 11.8 Å². The molecule has 2 aliphatic heterocycles. The summed E-state index contributed by atoms with van der Waals surface area (Å²) in [5.74, 6) is -0.321. The van der Waals surface area contributed by atoms with E-state index in [9.17, 15) is 14.4 Å². The molecule has 2 N–H and O–H groups in total. The monoisotopic (exact) mass is 301 g/mol. The van der Waals surface area contributed by atoms with Gasteiger partial charge in [0.15, 0.2) is 0 Å². The number of carbonyl (C=O) groups excluding carboxylic acids is 3. The van der Waals surface area contributed by atoms with E-state index in [-0.39, 0.29) is 12.1 Å². The molecule has 1 aromatic rings. The molecule has 0 aromatic heterocycles. The zero-order valence-electron chi connectivity index (χ0n) is 12.7. The van der Waals surface area contributed by atoms with E-state index in [4.69, 9.17) is 0 Å². The highest BCUT2D eigenvalue weighted by molar-refractivity contribution is 6.22. The number of imide groups is 1. The Morgan fingerprint density at radius 1 is 1.18 bits per heavy atom. The summed E-state index contributed by atoms with van der Waals surface area (Å²) in [7, 11) is 0.